The average molecular weight is 313 g/mol. The Morgan fingerprint density at radius 3 is 2.61 bits per heavy atom. The number of aromatic carboxylic acids is 1. The molecule has 0 amide bonds. The third kappa shape index (κ3) is 3.45. The van der Waals surface area contributed by atoms with E-state index >= 15 is 0 Å². The number of carboxylic acids is 1. The molecule has 1 heterocycles. The lowest BCUT2D eigenvalue weighted by Crippen LogP contribution is -2.21. The highest BCUT2D eigenvalue weighted by Gasteiger charge is 2.17. The average Bonchev–Trinajstić information content (AvgIpc) is 2.60. The molecule has 1 fully saturated rings. The first-order valence-corrected chi connectivity index (χ1v) is 7.11. The van der Waals surface area contributed by atoms with Crippen LogP contribution in [0.4, 0.5) is 5.82 Å². The Hall–Kier alpha value is -1.10. The SMILES string of the molecule is O=C(O)c1cc(Br)cnc1NC1CCCCCC1. The minimum Gasteiger partial charge on any atom is -0.478 e. The van der Waals surface area contributed by atoms with E-state index in [0.717, 1.165) is 12.8 Å². The lowest BCUT2D eigenvalue weighted by Gasteiger charge is -2.18. The first kappa shape index (κ1) is 13.3. The number of carboxylic acid groups (broad SMARTS) is 1. The van der Waals surface area contributed by atoms with Crippen molar-refractivity contribution in [2.24, 2.45) is 0 Å². The molecule has 0 unspecified atom stereocenters. The normalized spacial score (nSPS) is 17.2. The molecule has 1 aromatic heterocycles. The molecule has 1 aliphatic carbocycles. The molecule has 2 rings (SSSR count). The van der Waals surface area contributed by atoms with Gasteiger partial charge < -0.3 is 10.4 Å². The van der Waals surface area contributed by atoms with E-state index in [0.29, 0.717) is 16.3 Å². The highest BCUT2D eigenvalue weighted by molar-refractivity contribution is 9.10. The van der Waals surface area contributed by atoms with Crippen molar-refractivity contribution >= 4 is 27.7 Å². The van der Waals surface area contributed by atoms with Gasteiger partial charge in [-0.25, -0.2) is 9.78 Å². The monoisotopic (exact) mass is 312 g/mol. The largest absolute Gasteiger partial charge is 0.478 e. The molecule has 0 saturated heterocycles. The van der Waals surface area contributed by atoms with Gasteiger partial charge in [-0.05, 0) is 34.8 Å². The first-order valence-electron chi connectivity index (χ1n) is 6.32. The van der Waals surface area contributed by atoms with Crippen LogP contribution < -0.4 is 5.32 Å². The maximum absolute atomic E-state index is 11.2. The Morgan fingerprint density at radius 2 is 2.00 bits per heavy atom. The van der Waals surface area contributed by atoms with Crippen LogP contribution in [0.3, 0.4) is 0 Å². The third-order valence-electron chi connectivity index (χ3n) is 3.28. The zero-order chi connectivity index (χ0) is 13.0. The molecule has 0 bridgehead atoms. The molecule has 2 N–H and O–H groups in total. The van der Waals surface area contributed by atoms with Gasteiger partial charge in [-0.1, -0.05) is 25.7 Å². The molecular formula is C13H17BrN2O2. The molecule has 98 valence electrons. The lowest BCUT2D eigenvalue weighted by atomic mass is 10.1. The molecule has 4 nitrogen and oxygen atoms in total. The van der Waals surface area contributed by atoms with Gasteiger partial charge >= 0.3 is 5.97 Å². The number of hydrogen-bond donors (Lipinski definition) is 2. The number of anilines is 1. The highest BCUT2D eigenvalue weighted by Crippen LogP contribution is 2.23. The molecule has 5 heteroatoms. The predicted molar refractivity (Wildman–Crippen MR) is 74.0 cm³/mol. The molecule has 0 aliphatic heterocycles. The van der Waals surface area contributed by atoms with E-state index in [9.17, 15) is 9.90 Å². The summed E-state index contributed by atoms with van der Waals surface area (Å²) in [4.78, 5) is 15.4. The number of halogens is 1. The van der Waals surface area contributed by atoms with Gasteiger partial charge in [0, 0.05) is 16.7 Å². The van der Waals surface area contributed by atoms with Crippen LogP contribution in [0.2, 0.25) is 0 Å². The fourth-order valence-corrected chi connectivity index (χ4v) is 2.67. The molecule has 0 atom stereocenters. The molecule has 0 aromatic carbocycles. The number of rotatable bonds is 3. The second-order valence-electron chi connectivity index (χ2n) is 4.69. The highest BCUT2D eigenvalue weighted by atomic mass is 79.9. The third-order valence-corrected chi connectivity index (χ3v) is 3.71. The van der Waals surface area contributed by atoms with E-state index in [1.165, 1.54) is 25.7 Å². The lowest BCUT2D eigenvalue weighted by molar-refractivity contribution is 0.0697. The van der Waals surface area contributed by atoms with Gasteiger partial charge in [-0.15, -0.1) is 0 Å². The van der Waals surface area contributed by atoms with Crippen molar-refractivity contribution in [3.8, 4) is 0 Å². The second kappa shape index (κ2) is 6.18. The van der Waals surface area contributed by atoms with E-state index in [1.54, 1.807) is 12.3 Å². The molecule has 1 saturated carbocycles. The maximum atomic E-state index is 11.2. The quantitative estimate of drug-likeness (QED) is 0.836. The number of nitrogens with one attached hydrogen (secondary N) is 1. The van der Waals surface area contributed by atoms with Crippen LogP contribution >= 0.6 is 15.9 Å². The topological polar surface area (TPSA) is 62.2 Å². The van der Waals surface area contributed by atoms with E-state index in [-0.39, 0.29) is 5.56 Å². The first-order chi connectivity index (χ1) is 8.66. The number of hydrogen-bond acceptors (Lipinski definition) is 3. The van der Waals surface area contributed by atoms with Crippen molar-refractivity contribution in [3.63, 3.8) is 0 Å². The van der Waals surface area contributed by atoms with Gasteiger partial charge in [0.1, 0.15) is 11.4 Å². The van der Waals surface area contributed by atoms with E-state index in [4.69, 9.17) is 0 Å². The van der Waals surface area contributed by atoms with Gasteiger partial charge in [-0.3, -0.25) is 0 Å². The van der Waals surface area contributed by atoms with Crippen LogP contribution in [-0.2, 0) is 0 Å². The summed E-state index contributed by atoms with van der Waals surface area (Å²) in [6.45, 7) is 0. The van der Waals surface area contributed by atoms with Crippen molar-refractivity contribution in [2.75, 3.05) is 5.32 Å². The second-order valence-corrected chi connectivity index (χ2v) is 5.60. The molecule has 18 heavy (non-hydrogen) atoms. The number of carbonyl (C=O) groups is 1. The van der Waals surface area contributed by atoms with Crippen LogP contribution in [0.15, 0.2) is 16.7 Å². The number of nitrogens with zero attached hydrogens (tertiary/aromatic N) is 1. The smallest absolute Gasteiger partial charge is 0.339 e. The van der Waals surface area contributed by atoms with Crippen molar-refractivity contribution in [1.82, 2.24) is 4.98 Å². The van der Waals surface area contributed by atoms with Crippen molar-refractivity contribution in [3.05, 3.63) is 22.3 Å². The van der Waals surface area contributed by atoms with Crippen LogP contribution in [0.5, 0.6) is 0 Å². The summed E-state index contributed by atoms with van der Waals surface area (Å²) in [6, 6.07) is 1.94. The van der Waals surface area contributed by atoms with Gasteiger partial charge in [-0.2, -0.15) is 0 Å². The molecule has 0 radical (unpaired) electrons. The Morgan fingerprint density at radius 1 is 1.33 bits per heavy atom. The van der Waals surface area contributed by atoms with Gasteiger partial charge in [0.05, 0.1) is 0 Å². The number of pyridine rings is 1. The van der Waals surface area contributed by atoms with E-state index < -0.39 is 5.97 Å². The zero-order valence-corrected chi connectivity index (χ0v) is 11.7. The summed E-state index contributed by atoms with van der Waals surface area (Å²) in [6.07, 6.45) is 8.78. The standard InChI is InChI=1S/C13H17BrN2O2/c14-9-7-11(13(17)18)12(15-8-9)16-10-5-3-1-2-4-6-10/h7-8,10H,1-6H2,(H,15,16)(H,17,18). The van der Waals surface area contributed by atoms with Crippen LogP contribution in [0.25, 0.3) is 0 Å². The minimum atomic E-state index is -0.945. The molecule has 1 aromatic rings. The maximum Gasteiger partial charge on any atom is 0.339 e. The van der Waals surface area contributed by atoms with Gasteiger partial charge in [0.25, 0.3) is 0 Å². The summed E-state index contributed by atoms with van der Waals surface area (Å²) in [5, 5.41) is 12.5. The van der Waals surface area contributed by atoms with Crippen molar-refractivity contribution in [1.29, 1.82) is 0 Å². The molecular weight excluding hydrogens is 296 g/mol. The Bertz CT molecular complexity index is 429. The molecule has 1 aliphatic rings. The Labute approximate surface area is 115 Å². The summed E-state index contributed by atoms with van der Waals surface area (Å²) >= 11 is 3.25. The fourth-order valence-electron chi connectivity index (χ4n) is 2.33. The fraction of sp³-hybridized carbons (Fsp3) is 0.538. The van der Waals surface area contributed by atoms with Crippen LogP contribution in [0, 0.1) is 0 Å². The van der Waals surface area contributed by atoms with Gasteiger partial charge in [0.2, 0.25) is 0 Å². The summed E-state index contributed by atoms with van der Waals surface area (Å²) in [7, 11) is 0. The van der Waals surface area contributed by atoms with Crippen LogP contribution in [-0.4, -0.2) is 22.1 Å². The summed E-state index contributed by atoms with van der Waals surface area (Å²) < 4.78 is 0.686. The minimum absolute atomic E-state index is 0.230. The summed E-state index contributed by atoms with van der Waals surface area (Å²) in [5.74, 6) is -0.461. The van der Waals surface area contributed by atoms with Gasteiger partial charge in [0.15, 0.2) is 0 Å². The predicted octanol–water partition coefficient (Wildman–Crippen LogP) is 3.68. The van der Waals surface area contributed by atoms with Crippen molar-refractivity contribution in [2.45, 2.75) is 44.6 Å². The van der Waals surface area contributed by atoms with E-state index in [2.05, 4.69) is 26.2 Å². The molecule has 0 spiro atoms. The Kier molecular flexibility index (Phi) is 4.58. The zero-order valence-electron chi connectivity index (χ0n) is 10.2. The Balaban J connectivity index is 2.14. The van der Waals surface area contributed by atoms with Crippen molar-refractivity contribution < 1.29 is 9.90 Å². The summed E-state index contributed by atoms with van der Waals surface area (Å²) in [5.41, 5.74) is 0.230. The van der Waals surface area contributed by atoms with E-state index in [1.807, 2.05) is 0 Å². The number of aromatic nitrogens is 1. The van der Waals surface area contributed by atoms with Crippen LogP contribution in [0.1, 0.15) is 48.9 Å².